The maximum Gasteiger partial charge on any atom is 0.191 e. The van der Waals surface area contributed by atoms with Gasteiger partial charge in [0.15, 0.2) is 11.6 Å². The number of halogens is 1. The molecule has 1 fully saturated rings. The van der Waals surface area contributed by atoms with Crippen molar-refractivity contribution in [2.45, 2.75) is 46.0 Å². The normalized spacial score (nSPS) is 16.2. The van der Waals surface area contributed by atoms with E-state index in [1.54, 1.807) is 0 Å². The lowest BCUT2D eigenvalue weighted by atomic mass is 9.67. The minimum Gasteiger partial charge on any atom is -0.357 e. The van der Waals surface area contributed by atoms with Crippen LogP contribution < -0.4 is 10.6 Å². The number of aliphatic imine (C=N–C) groups is 1. The van der Waals surface area contributed by atoms with Crippen LogP contribution in [0, 0.1) is 5.41 Å². The van der Waals surface area contributed by atoms with E-state index in [1.165, 1.54) is 25.7 Å². The summed E-state index contributed by atoms with van der Waals surface area (Å²) < 4.78 is 2.03. The quantitative estimate of drug-likeness (QED) is 0.382. The largest absolute Gasteiger partial charge is 0.357 e. The van der Waals surface area contributed by atoms with Gasteiger partial charge in [0.05, 0.1) is 0 Å². The lowest BCUT2D eigenvalue weighted by Gasteiger charge is -2.40. The van der Waals surface area contributed by atoms with Gasteiger partial charge >= 0.3 is 0 Å². The van der Waals surface area contributed by atoms with Crippen LogP contribution in [0.15, 0.2) is 29.4 Å². The molecular formula is C18H29IN6. The van der Waals surface area contributed by atoms with Gasteiger partial charge in [0.25, 0.3) is 0 Å². The average molecular weight is 456 g/mol. The molecule has 0 unspecified atom stereocenters. The molecule has 0 amide bonds. The second-order valence-corrected chi connectivity index (χ2v) is 6.62. The molecule has 2 aromatic rings. The van der Waals surface area contributed by atoms with Gasteiger partial charge < -0.3 is 10.6 Å². The van der Waals surface area contributed by atoms with E-state index in [4.69, 9.17) is 4.99 Å². The topological polar surface area (TPSA) is 66.6 Å². The van der Waals surface area contributed by atoms with Crippen molar-refractivity contribution >= 4 is 35.6 Å². The number of guanidine groups is 1. The van der Waals surface area contributed by atoms with Crippen molar-refractivity contribution in [3.8, 4) is 0 Å². The molecule has 0 bridgehead atoms. The highest BCUT2D eigenvalue weighted by Crippen LogP contribution is 2.43. The number of nitrogens with one attached hydrogen (secondary N) is 2. The first kappa shape index (κ1) is 19.9. The fourth-order valence-electron chi connectivity index (χ4n) is 3.24. The van der Waals surface area contributed by atoms with Gasteiger partial charge in [-0.2, -0.15) is 0 Å². The number of hydrogen-bond acceptors (Lipinski definition) is 3. The molecule has 0 aliphatic heterocycles. The predicted molar refractivity (Wildman–Crippen MR) is 113 cm³/mol. The van der Waals surface area contributed by atoms with Gasteiger partial charge in [-0.15, -0.1) is 34.2 Å². The Bertz CT molecular complexity index is 686. The van der Waals surface area contributed by atoms with Gasteiger partial charge in [-0.1, -0.05) is 19.4 Å². The van der Waals surface area contributed by atoms with Gasteiger partial charge in [-0.05, 0) is 43.7 Å². The number of aromatic nitrogens is 3. The standard InChI is InChI=1S/C18H28N6.HI/c1-3-18(10-7-11-18)14-21-17(19-4-2)20-12-9-16-23-22-15-8-5-6-13-24(15)16;/h5-6,8,13H,3-4,7,9-12,14H2,1-2H3,(H2,19,20,21);1H. The summed E-state index contributed by atoms with van der Waals surface area (Å²) in [4.78, 5) is 4.81. The lowest BCUT2D eigenvalue weighted by Crippen LogP contribution is -2.40. The molecule has 1 aliphatic carbocycles. The third kappa shape index (κ3) is 4.83. The summed E-state index contributed by atoms with van der Waals surface area (Å²) in [7, 11) is 0. The molecular weight excluding hydrogens is 427 g/mol. The third-order valence-electron chi connectivity index (χ3n) is 5.11. The van der Waals surface area contributed by atoms with Gasteiger partial charge in [0.2, 0.25) is 0 Å². The molecule has 0 saturated heterocycles. The van der Waals surface area contributed by atoms with E-state index in [0.717, 1.165) is 43.5 Å². The molecule has 0 aromatic carbocycles. The van der Waals surface area contributed by atoms with Crippen molar-refractivity contribution < 1.29 is 0 Å². The maximum absolute atomic E-state index is 4.81. The smallest absolute Gasteiger partial charge is 0.191 e. The zero-order valence-electron chi connectivity index (χ0n) is 15.2. The molecule has 3 rings (SSSR count). The van der Waals surface area contributed by atoms with Gasteiger partial charge in [0.1, 0.15) is 5.82 Å². The summed E-state index contributed by atoms with van der Waals surface area (Å²) in [5.41, 5.74) is 1.34. The van der Waals surface area contributed by atoms with Crippen molar-refractivity contribution in [1.29, 1.82) is 0 Å². The van der Waals surface area contributed by atoms with Crippen LogP contribution in [0.3, 0.4) is 0 Å². The Labute approximate surface area is 166 Å². The first-order valence-corrected chi connectivity index (χ1v) is 9.07. The van der Waals surface area contributed by atoms with E-state index < -0.39 is 0 Å². The number of hydrogen-bond donors (Lipinski definition) is 2. The monoisotopic (exact) mass is 456 g/mol. The first-order chi connectivity index (χ1) is 11.8. The number of fused-ring (bicyclic) bond motifs is 1. The SMILES string of the molecule is CCNC(=NCC1(CC)CCC1)NCCc1nnc2ccccn12.I. The second kappa shape index (κ2) is 9.35. The Morgan fingerprint density at radius 1 is 1.24 bits per heavy atom. The van der Waals surface area contributed by atoms with E-state index in [1.807, 2.05) is 28.8 Å². The molecule has 0 spiro atoms. The summed E-state index contributed by atoms with van der Waals surface area (Å²) in [6, 6.07) is 5.95. The number of pyridine rings is 1. The first-order valence-electron chi connectivity index (χ1n) is 9.07. The fraction of sp³-hybridized carbons (Fsp3) is 0.611. The van der Waals surface area contributed by atoms with Crippen molar-refractivity contribution in [3.05, 3.63) is 30.2 Å². The number of nitrogens with zero attached hydrogens (tertiary/aromatic N) is 4. The Balaban J connectivity index is 0.00000225. The minimum atomic E-state index is 0. The Morgan fingerprint density at radius 3 is 2.76 bits per heavy atom. The predicted octanol–water partition coefficient (Wildman–Crippen LogP) is 3.03. The molecule has 6 nitrogen and oxygen atoms in total. The molecule has 7 heteroatoms. The maximum atomic E-state index is 4.81. The Kier molecular flexibility index (Phi) is 7.46. The molecule has 1 aliphatic rings. The van der Waals surface area contributed by atoms with Crippen LogP contribution in [0.25, 0.3) is 5.65 Å². The molecule has 2 heterocycles. The van der Waals surface area contributed by atoms with Crippen LogP contribution in [-0.4, -0.2) is 40.2 Å². The summed E-state index contributed by atoms with van der Waals surface area (Å²) in [6.45, 7) is 6.97. The van der Waals surface area contributed by atoms with Crippen molar-refractivity contribution in [2.75, 3.05) is 19.6 Å². The van der Waals surface area contributed by atoms with Crippen LogP contribution in [-0.2, 0) is 6.42 Å². The molecule has 2 N–H and O–H groups in total. The van der Waals surface area contributed by atoms with Crippen LogP contribution in [0.2, 0.25) is 0 Å². The van der Waals surface area contributed by atoms with Gasteiger partial charge in [-0.25, -0.2) is 0 Å². The summed E-state index contributed by atoms with van der Waals surface area (Å²) in [6.07, 6.45) is 8.03. The molecule has 0 atom stereocenters. The third-order valence-corrected chi connectivity index (χ3v) is 5.11. The number of rotatable bonds is 7. The fourth-order valence-corrected chi connectivity index (χ4v) is 3.24. The van der Waals surface area contributed by atoms with Crippen molar-refractivity contribution in [2.24, 2.45) is 10.4 Å². The zero-order valence-corrected chi connectivity index (χ0v) is 17.5. The Morgan fingerprint density at radius 2 is 2.08 bits per heavy atom. The highest BCUT2D eigenvalue weighted by molar-refractivity contribution is 14.0. The molecule has 0 radical (unpaired) electrons. The average Bonchev–Trinajstić information content (AvgIpc) is 2.97. The van der Waals surface area contributed by atoms with E-state index in [9.17, 15) is 0 Å². The van der Waals surface area contributed by atoms with E-state index in [2.05, 4.69) is 34.7 Å². The minimum absolute atomic E-state index is 0. The molecule has 138 valence electrons. The van der Waals surface area contributed by atoms with Gasteiger partial charge in [-0.3, -0.25) is 9.39 Å². The van der Waals surface area contributed by atoms with Crippen LogP contribution in [0.5, 0.6) is 0 Å². The van der Waals surface area contributed by atoms with Crippen molar-refractivity contribution in [1.82, 2.24) is 25.2 Å². The summed E-state index contributed by atoms with van der Waals surface area (Å²) in [5.74, 6) is 1.88. The van der Waals surface area contributed by atoms with Crippen LogP contribution in [0.4, 0.5) is 0 Å². The zero-order chi connectivity index (χ0) is 16.8. The van der Waals surface area contributed by atoms with E-state index >= 15 is 0 Å². The second-order valence-electron chi connectivity index (χ2n) is 6.62. The van der Waals surface area contributed by atoms with E-state index in [-0.39, 0.29) is 24.0 Å². The van der Waals surface area contributed by atoms with Crippen LogP contribution >= 0.6 is 24.0 Å². The van der Waals surface area contributed by atoms with Crippen molar-refractivity contribution in [3.63, 3.8) is 0 Å². The Hall–Kier alpha value is -1.38. The molecule has 25 heavy (non-hydrogen) atoms. The highest BCUT2D eigenvalue weighted by atomic mass is 127. The summed E-state index contributed by atoms with van der Waals surface area (Å²) in [5, 5.41) is 15.2. The lowest BCUT2D eigenvalue weighted by molar-refractivity contribution is 0.139. The van der Waals surface area contributed by atoms with Crippen LogP contribution in [0.1, 0.15) is 45.4 Å². The highest BCUT2D eigenvalue weighted by Gasteiger charge is 2.34. The summed E-state index contributed by atoms with van der Waals surface area (Å²) >= 11 is 0. The van der Waals surface area contributed by atoms with Gasteiger partial charge in [0, 0.05) is 32.3 Å². The molecule has 1 saturated carbocycles. The molecule has 2 aromatic heterocycles. The van der Waals surface area contributed by atoms with E-state index in [0.29, 0.717) is 5.41 Å².